The number of nitrogens with two attached hydrogens (primary N) is 1. The van der Waals surface area contributed by atoms with Crippen molar-refractivity contribution in [3.05, 3.63) is 29.8 Å². The van der Waals surface area contributed by atoms with Crippen molar-refractivity contribution in [2.75, 3.05) is 20.8 Å². The quantitative estimate of drug-likeness (QED) is 0.687. The molecule has 0 bridgehead atoms. The maximum absolute atomic E-state index is 12.4. The molecule has 0 radical (unpaired) electrons. The molecule has 3 N–H and O–H groups in total. The summed E-state index contributed by atoms with van der Waals surface area (Å²) in [6.45, 7) is 4.56. The molecule has 0 spiro atoms. The first-order chi connectivity index (χ1) is 13.1. The van der Waals surface area contributed by atoms with Gasteiger partial charge in [-0.25, -0.2) is 0 Å². The van der Waals surface area contributed by atoms with Gasteiger partial charge >= 0.3 is 0 Å². The van der Waals surface area contributed by atoms with E-state index in [0.29, 0.717) is 12.5 Å². The Labute approximate surface area is 165 Å². The molecule has 1 aliphatic carbocycles. The lowest BCUT2D eigenvalue weighted by molar-refractivity contribution is -0.132. The van der Waals surface area contributed by atoms with Crippen LogP contribution in [0.4, 0.5) is 0 Å². The summed E-state index contributed by atoms with van der Waals surface area (Å²) >= 11 is 0. The molecule has 2 unspecified atom stereocenters. The van der Waals surface area contributed by atoms with E-state index in [1.807, 2.05) is 38.1 Å². The minimum absolute atomic E-state index is 0.117. The van der Waals surface area contributed by atoms with Gasteiger partial charge in [-0.05, 0) is 36.5 Å². The van der Waals surface area contributed by atoms with Crippen molar-refractivity contribution < 1.29 is 14.3 Å². The van der Waals surface area contributed by atoms with Crippen LogP contribution in [-0.4, -0.2) is 38.8 Å². The normalized spacial score (nSPS) is 16.6. The van der Waals surface area contributed by atoms with Gasteiger partial charge in [0.15, 0.2) is 6.10 Å². The molecule has 5 nitrogen and oxygen atoms in total. The predicted molar refractivity (Wildman–Crippen MR) is 111 cm³/mol. The number of amides is 1. The van der Waals surface area contributed by atoms with Crippen LogP contribution >= 0.6 is 0 Å². The van der Waals surface area contributed by atoms with Gasteiger partial charge in [0.2, 0.25) is 0 Å². The van der Waals surface area contributed by atoms with Crippen molar-refractivity contribution in [1.82, 2.24) is 5.32 Å². The second-order valence-electron chi connectivity index (χ2n) is 6.95. The Balaban J connectivity index is 0.00000176. The Bertz CT molecular complexity index is 530. The van der Waals surface area contributed by atoms with Gasteiger partial charge in [-0.3, -0.25) is 4.79 Å². The van der Waals surface area contributed by atoms with Gasteiger partial charge in [0.1, 0.15) is 5.75 Å². The topological polar surface area (TPSA) is 73.6 Å². The average molecular weight is 379 g/mol. The summed E-state index contributed by atoms with van der Waals surface area (Å²) in [6, 6.07) is 7.62. The fraction of sp³-hybridized carbons (Fsp3) is 0.682. The molecule has 0 aromatic heterocycles. The Morgan fingerprint density at radius 1 is 1.22 bits per heavy atom. The number of benzene rings is 1. The lowest BCUT2D eigenvalue weighted by Gasteiger charge is -2.28. The molecule has 27 heavy (non-hydrogen) atoms. The summed E-state index contributed by atoms with van der Waals surface area (Å²) in [5, 5.41) is 2.95. The monoisotopic (exact) mass is 378 g/mol. The zero-order chi connectivity index (χ0) is 20.1. The van der Waals surface area contributed by atoms with Crippen molar-refractivity contribution in [1.29, 1.82) is 0 Å². The van der Waals surface area contributed by atoms with E-state index in [0.717, 1.165) is 24.2 Å². The van der Waals surface area contributed by atoms with Crippen LogP contribution in [0.1, 0.15) is 57.9 Å². The number of hydrogen-bond acceptors (Lipinski definition) is 4. The molecule has 5 heteroatoms. The number of carbonyl (C=O) groups excluding carboxylic acids is 1. The van der Waals surface area contributed by atoms with Crippen LogP contribution in [0.15, 0.2) is 24.3 Å². The second kappa shape index (κ2) is 13.6. The van der Waals surface area contributed by atoms with Crippen LogP contribution in [0.25, 0.3) is 0 Å². The maximum atomic E-state index is 12.4. The number of nitrogens with one attached hydrogen (secondary N) is 1. The Kier molecular flexibility index (Phi) is 11.8. The zero-order valence-corrected chi connectivity index (χ0v) is 17.5. The highest BCUT2D eigenvalue weighted by Gasteiger charge is 2.28. The van der Waals surface area contributed by atoms with Gasteiger partial charge in [0, 0.05) is 19.7 Å². The molecular weight excluding hydrogens is 340 g/mol. The van der Waals surface area contributed by atoms with E-state index in [1.54, 1.807) is 14.2 Å². The number of ether oxygens (including phenoxy) is 2. The number of carbonyl (C=O) groups is 1. The molecule has 1 amide bonds. The molecule has 1 saturated carbocycles. The molecule has 2 atom stereocenters. The minimum Gasteiger partial charge on any atom is -0.497 e. The van der Waals surface area contributed by atoms with E-state index in [2.05, 4.69) is 5.32 Å². The van der Waals surface area contributed by atoms with Crippen LogP contribution in [-0.2, 0) is 16.0 Å². The van der Waals surface area contributed by atoms with Gasteiger partial charge in [0.25, 0.3) is 5.91 Å². The molecule has 154 valence electrons. The summed E-state index contributed by atoms with van der Waals surface area (Å²) < 4.78 is 10.6. The lowest BCUT2D eigenvalue weighted by Crippen LogP contribution is -2.48. The van der Waals surface area contributed by atoms with E-state index in [4.69, 9.17) is 15.2 Å². The first-order valence-corrected chi connectivity index (χ1v) is 10.3. The maximum Gasteiger partial charge on any atom is 0.250 e. The zero-order valence-electron chi connectivity index (χ0n) is 17.5. The number of hydrogen-bond donors (Lipinski definition) is 2. The van der Waals surface area contributed by atoms with Crippen molar-refractivity contribution in [3.8, 4) is 5.75 Å². The molecule has 0 aliphatic heterocycles. The Hall–Kier alpha value is -1.59. The third-order valence-corrected chi connectivity index (χ3v) is 5.08. The largest absolute Gasteiger partial charge is 0.497 e. The number of methoxy groups -OCH3 is 2. The average Bonchev–Trinajstić information content (AvgIpc) is 2.71. The van der Waals surface area contributed by atoms with Crippen molar-refractivity contribution in [2.45, 2.75) is 70.9 Å². The van der Waals surface area contributed by atoms with Crippen LogP contribution in [0.5, 0.6) is 5.75 Å². The van der Waals surface area contributed by atoms with E-state index in [1.165, 1.54) is 32.1 Å². The molecule has 1 aromatic rings. The Morgan fingerprint density at radius 3 is 2.56 bits per heavy atom. The summed E-state index contributed by atoms with van der Waals surface area (Å²) in [4.78, 5) is 12.4. The van der Waals surface area contributed by atoms with E-state index >= 15 is 0 Å². The fourth-order valence-electron chi connectivity index (χ4n) is 3.67. The molecule has 1 fully saturated rings. The molecule has 0 saturated heterocycles. The summed E-state index contributed by atoms with van der Waals surface area (Å²) in [7, 11) is 3.21. The summed E-state index contributed by atoms with van der Waals surface area (Å²) in [5.74, 6) is 1.34. The summed E-state index contributed by atoms with van der Waals surface area (Å²) in [5.41, 5.74) is 7.40. The standard InChI is InChI=1S/C20H32N2O3.C2H6/c1-24-17-10-6-9-16(13-17)11-12-22-20(23)19(25-2)18(21)14-15-7-4-3-5-8-15;1-2/h6,9-10,13,15,18-19H,3-5,7-8,11-12,14,21H2,1-2H3,(H,22,23);1-2H3. The second-order valence-corrected chi connectivity index (χ2v) is 6.95. The molecule has 1 aliphatic rings. The van der Waals surface area contributed by atoms with Gasteiger partial charge in [-0.15, -0.1) is 0 Å². The van der Waals surface area contributed by atoms with Gasteiger partial charge < -0.3 is 20.5 Å². The van der Waals surface area contributed by atoms with Crippen LogP contribution in [0, 0.1) is 5.92 Å². The summed E-state index contributed by atoms with van der Waals surface area (Å²) in [6.07, 6.45) is 7.36. The van der Waals surface area contributed by atoms with Gasteiger partial charge in [-0.2, -0.15) is 0 Å². The SMILES string of the molecule is CC.COc1cccc(CCNC(=O)C(OC)C(N)CC2CCCCC2)c1. The third-order valence-electron chi connectivity index (χ3n) is 5.08. The Morgan fingerprint density at radius 2 is 1.93 bits per heavy atom. The van der Waals surface area contributed by atoms with Crippen molar-refractivity contribution in [2.24, 2.45) is 11.7 Å². The number of rotatable bonds is 9. The van der Waals surface area contributed by atoms with E-state index in [-0.39, 0.29) is 11.9 Å². The highest BCUT2D eigenvalue weighted by atomic mass is 16.5. The van der Waals surface area contributed by atoms with E-state index < -0.39 is 6.10 Å². The first kappa shape index (κ1) is 23.4. The predicted octanol–water partition coefficient (Wildman–Crippen LogP) is 3.69. The third kappa shape index (κ3) is 8.31. The molecule has 0 heterocycles. The molecular formula is C22H38N2O3. The van der Waals surface area contributed by atoms with Crippen LogP contribution in [0.3, 0.4) is 0 Å². The highest BCUT2D eigenvalue weighted by Crippen LogP contribution is 2.27. The van der Waals surface area contributed by atoms with Crippen molar-refractivity contribution in [3.63, 3.8) is 0 Å². The molecule has 1 aromatic carbocycles. The highest BCUT2D eigenvalue weighted by molar-refractivity contribution is 5.81. The van der Waals surface area contributed by atoms with Crippen LogP contribution in [0.2, 0.25) is 0 Å². The van der Waals surface area contributed by atoms with E-state index in [9.17, 15) is 4.79 Å². The smallest absolute Gasteiger partial charge is 0.250 e. The fourth-order valence-corrected chi connectivity index (χ4v) is 3.67. The van der Waals surface area contributed by atoms with Gasteiger partial charge in [-0.1, -0.05) is 58.1 Å². The van der Waals surface area contributed by atoms with Gasteiger partial charge in [0.05, 0.1) is 7.11 Å². The first-order valence-electron chi connectivity index (χ1n) is 10.3. The minimum atomic E-state index is -0.577. The molecule has 2 rings (SSSR count). The lowest BCUT2D eigenvalue weighted by atomic mass is 9.84. The van der Waals surface area contributed by atoms with Crippen molar-refractivity contribution >= 4 is 5.91 Å². The van der Waals surface area contributed by atoms with Crippen LogP contribution < -0.4 is 15.8 Å².